The van der Waals surface area contributed by atoms with E-state index in [2.05, 4.69) is 15.9 Å². The third kappa shape index (κ3) is 1.53. The number of nitrogens with zero attached hydrogens (tertiary/aromatic N) is 1. The molecule has 1 N–H and O–H groups in total. The molecule has 1 aliphatic carbocycles. The summed E-state index contributed by atoms with van der Waals surface area (Å²) in [5.74, 6) is -0.488. The molecule has 5 heteroatoms. The van der Waals surface area contributed by atoms with Gasteiger partial charge in [0, 0.05) is 10.5 Å². The third-order valence-corrected chi connectivity index (χ3v) is 3.83. The average Bonchev–Trinajstić information content (AvgIpc) is 2.48. The van der Waals surface area contributed by atoms with Crippen molar-refractivity contribution >= 4 is 27.7 Å². The lowest BCUT2D eigenvalue weighted by Crippen LogP contribution is -2.49. The van der Waals surface area contributed by atoms with E-state index in [1.807, 2.05) is 0 Å². The lowest BCUT2D eigenvalue weighted by molar-refractivity contribution is 0.0100. The number of halogens is 1. The third-order valence-electron chi connectivity index (χ3n) is 3.33. The molecule has 0 bridgehead atoms. The van der Waals surface area contributed by atoms with Crippen molar-refractivity contribution in [1.82, 2.24) is 4.90 Å². The van der Waals surface area contributed by atoms with Crippen molar-refractivity contribution in [2.45, 2.75) is 25.0 Å². The van der Waals surface area contributed by atoms with E-state index in [4.69, 9.17) is 0 Å². The number of aliphatic hydroxyl groups is 1. The molecule has 17 heavy (non-hydrogen) atoms. The molecule has 0 spiro atoms. The van der Waals surface area contributed by atoms with Crippen molar-refractivity contribution in [2.24, 2.45) is 0 Å². The second kappa shape index (κ2) is 3.65. The molecule has 4 nitrogen and oxygen atoms in total. The monoisotopic (exact) mass is 295 g/mol. The van der Waals surface area contributed by atoms with Crippen LogP contribution < -0.4 is 0 Å². The zero-order valence-electron chi connectivity index (χ0n) is 8.89. The summed E-state index contributed by atoms with van der Waals surface area (Å²) in [6.45, 7) is 0. The van der Waals surface area contributed by atoms with Crippen LogP contribution in [0.15, 0.2) is 22.7 Å². The van der Waals surface area contributed by atoms with Gasteiger partial charge in [-0.2, -0.15) is 0 Å². The topological polar surface area (TPSA) is 57.6 Å². The quantitative estimate of drug-likeness (QED) is 0.800. The van der Waals surface area contributed by atoms with Gasteiger partial charge in [-0.3, -0.25) is 14.5 Å². The molecule has 1 aromatic rings. The van der Waals surface area contributed by atoms with E-state index >= 15 is 0 Å². The molecule has 1 saturated carbocycles. The number of fused-ring (bicyclic) bond motifs is 1. The zero-order valence-corrected chi connectivity index (χ0v) is 10.5. The number of amides is 2. The van der Waals surface area contributed by atoms with Crippen LogP contribution >= 0.6 is 15.9 Å². The van der Waals surface area contributed by atoms with E-state index in [0.29, 0.717) is 24.0 Å². The van der Waals surface area contributed by atoms with Crippen molar-refractivity contribution in [3.05, 3.63) is 33.8 Å². The first-order valence-electron chi connectivity index (χ1n) is 5.43. The number of hydrogen-bond acceptors (Lipinski definition) is 3. The highest BCUT2D eigenvalue weighted by atomic mass is 79.9. The fourth-order valence-electron chi connectivity index (χ4n) is 2.33. The van der Waals surface area contributed by atoms with Gasteiger partial charge in [0.1, 0.15) is 0 Å². The number of rotatable bonds is 1. The van der Waals surface area contributed by atoms with Crippen LogP contribution in [0.2, 0.25) is 0 Å². The normalized spacial score (nSPS) is 27.1. The molecule has 0 atom stereocenters. The minimum absolute atomic E-state index is 0.142. The average molecular weight is 296 g/mol. The first-order chi connectivity index (χ1) is 8.08. The number of carbonyl (C=O) groups is 2. The van der Waals surface area contributed by atoms with Gasteiger partial charge in [0.25, 0.3) is 11.8 Å². The van der Waals surface area contributed by atoms with E-state index in [1.165, 1.54) is 4.90 Å². The van der Waals surface area contributed by atoms with Gasteiger partial charge in [0.05, 0.1) is 17.2 Å². The molecular formula is C12H10BrNO3. The second-order valence-electron chi connectivity index (χ2n) is 4.45. The van der Waals surface area contributed by atoms with E-state index < -0.39 is 0 Å². The van der Waals surface area contributed by atoms with Crippen LogP contribution in [0.1, 0.15) is 33.6 Å². The predicted octanol–water partition coefficient (Wildman–Crippen LogP) is 1.57. The van der Waals surface area contributed by atoms with Crippen molar-refractivity contribution in [1.29, 1.82) is 0 Å². The van der Waals surface area contributed by atoms with Gasteiger partial charge < -0.3 is 5.11 Å². The lowest BCUT2D eigenvalue weighted by atomic mass is 9.88. The van der Waals surface area contributed by atoms with Crippen LogP contribution in [0, 0.1) is 0 Å². The Labute approximate surface area is 106 Å². The first-order valence-corrected chi connectivity index (χ1v) is 6.22. The summed E-state index contributed by atoms with van der Waals surface area (Å²) in [5, 5.41) is 9.26. The highest BCUT2D eigenvalue weighted by Crippen LogP contribution is 2.33. The van der Waals surface area contributed by atoms with Gasteiger partial charge in [-0.15, -0.1) is 0 Å². The fraction of sp³-hybridized carbons (Fsp3) is 0.333. The fourth-order valence-corrected chi connectivity index (χ4v) is 2.69. The number of hydrogen-bond donors (Lipinski definition) is 1. The number of imide groups is 1. The number of benzene rings is 1. The summed E-state index contributed by atoms with van der Waals surface area (Å²) < 4.78 is 0.785. The van der Waals surface area contributed by atoms with Crippen LogP contribution in [0.5, 0.6) is 0 Å². The molecular weight excluding hydrogens is 286 g/mol. The molecule has 3 rings (SSSR count). The maximum Gasteiger partial charge on any atom is 0.261 e. The van der Waals surface area contributed by atoms with Crippen molar-refractivity contribution in [3.63, 3.8) is 0 Å². The van der Waals surface area contributed by atoms with Crippen LogP contribution in [0.3, 0.4) is 0 Å². The van der Waals surface area contributed by atoms with Crippen molar-refractivity contribution in [2.75, 3.05) is 0 Å². The Kier molecular flexibility index (Phi) is 2.34. The van der Waals surface area contributed by atoms with Crippen molar-refractivity contribution < 1.29 is 14.7 Å². The van der Waals surface area contributed by atoms with E-state index in [0.717, 1.165) is 4.47 Å². The predicted molar refractivity (Wildman–Crippen MR) is 63.7 cm³/mol. The van der Waals surface area contributed by atoms with Crippen molar-refractivity contribution in [3.8, 4) is 0 Å². The van der Waals surface area contributed by atoms with Crippen LogP contribution in [0.4, 0.5) is 0 Å². The molecule has 0 saturated heterocycles. The van der Waals surface area contributed by atoms with Crippen LogP contribution in [-0.2, 0) is 0 Å². The molecule has 2 aliphatic rings. The number of carbonyl (C=O) groups excluding carboxylic acids is 2. The Hall–Kier alpha value is -1.20. The summed E-state index contributed by atoms with van der Waals surface area (Å²) in [6.07, 6.45) is 0.607. The Morgan fingerprint density at radius 2 is 1.82 bits per heavy atom. The van der Waals surface area contributed by atoms with E-state index in [1.54, 1.807) is 18.2 Å². The van der Waals surface area contributed by atoms with Gasteiger partial charge in [-0.05, 0) is 31.0 Å². The number of aliphatic hydroxyl groups excluding tert-OH is 1. The SMILES string of the molecule is O=C1c2ccc(Br)cc2C(=O)N1C1CC(O)C1. The minimum Gasteiger partial charge on any atom is -0.393 e. The lowest BCUT2D eigenvalue weighted by Gasteiger charge is -2.37. The minimum atomic E-state index is -0.379. The molecule has 2 amide bonds. The molecule has 1 aromatic carbocycles. The molecule has 0 aromatic heterocycles. The Morgan fingerprint density at radius 3 is 2.47 bits per heavy atom. The van der Waals surface area contributed by atoms with Gasteiger partial charge in [-0.1, -0.05) is 15.9 Å². The second-order valence-corrected chi connectivity index (χ2v) is 5.36. The molecule has 1 heterocycles. The molecule has 88 valence electrons. The van der Waals surface area contributed by atoms with Gasteiger partial charge in [-0.25, -0.2) is 0 Å². The van der Waals surface area contributed by atoms with E-state index in [9.17, 15) is 14.7 Å². The zero-order chi connectivity index (χ0) is 12.2. The maximum absolute atomic E-state index is 12.1. The molecule has 1 fully saturated rings. The van der Waals surface area contributed by atoms with E-state index in [-0.39, 0.29) is 24.0 Å². The van der Waals surface area contributed by atoms with Crippen LogP contribution in [-0.4, -0.2) is 34.0 Å². The highest BCUT2D eigenvalue weighted by molar-refractivity contribution is 9.10. The largest absolute Gasteiger partial charge is 0.393 e. The summed E-state index contributed by atoms with van der Waals surface area (Å²) in [6, 6.07) is 4.94. The van der Waals surface area contributed by atoms with Gasteiger partial charge in [0.2, 0.25) is 0 Å². The maximum atomic E-state index is 12.1. The standard InChI is InChI=1S/C12H10BrNO3/c13-6-1-2-9-10(3-6)12(17)14(11(9)16)7-4-8(15)5-7/h1-3,7-8,15H,4-5H2. The molecule has 0 radical (unpaired) electrons. The highest BCUT2D eigenvalue weighted by Gasteiger charge is 2.44. The Bertz CT molecular complexity index is 522. The Morgan fingerprint density at radius 1 is 1.18 bits per heavy atom. The first kappa shape index (κ1) is 10.9. The molecule has 0 unspecified atom stereocenters. The van der Waals surface area contributed by atoms with Gasteiger partial charge >= 0.3 is 0 Å². The summed E-state index contributed by atoms with van der Waals surface area (Å²) >= 11 is 3.29. The Balaban J connectivity index is 1.97. The summed E-state index contributed by atoms with van der Waals surface area (Å²) in [5.41, 5.74) is 0.908. The van der Waals surface area contributed by atoms with Crippen LogP contribution in [0.25, 0.3) is 0 Å². The molecule has 1 aliphatic heterocycles. The van der Waals surface area contributed by atoms with Gasteiger partial charge in [0.15, 0.2) is 0 Å². The smallest absolute Gasteiger partial charge is 0.261 e. The summed E-state index contributed by atoms with van der Waals surface area (Å²) in [7, 11) is 0. The summed E-state index contributed by atoms with van der Waals surface area (Å²) in [4.78, 5) is 25.5.